The average molecular weight is 300 g/mol. The molecule has 0 bridgehead atoms. The minimum Gasteiger partial charge on any atom is -0.380 e. The number of rotatable bonds is 11. The lowest BCUT2D eigenvalue weighted by Gasteiger charge is -2.39. The van der Waals surface area contributed by atoms with Crippen LogP contribution in [-0.2, 0) is 9.47 Å². The van der Waals surface area contributed by atoms with Gasteiger partial charge in [-0.15, -0.1) is 0 Å². The second kappa shape index (κ2) is 11.4. The maximum atomic E-state index is 6.12. The average Bonchev–Trinajstić information content (AvgIpc) is 2.50. The Morgan fingerprint density at radius 2 is 1.52 bits per heavy atom. The third kappa shape index (κ3) is 7.09. The first kappa shape index (κ1) is 18.9. The van der Waals surface area contributed by atoms with Crippen molar-refractivity contribution in [1.82, 2.24) is 4.90 Å². The standard InChI is InChI=1S/C17H36N2O2/c1-4-20-12-10-19(11-13-21-5-2)17(14-18)16-8-6-15(3)7-9-16/h15-17H,4-14,18H2,1-3H3. The summed E-state index contributed by atoms with van der Waals surface area (Å²) in [5.74, 6) is 1.63. The van der Waals surface area contributed by atoms with E-state index in [0.29, 0.717) is 6.04 Å². The van der Waals surface area contributed by atoms with Crippen LogP contribution in [0.2, 0.25) is 0 Å². The molecule has 0 aromatic carbocycles. The second-order valence-electron chi connectivity index (χ2n) is 6.25. The van der Waals surface area contributed by atoms with Crippen LogP contribution in [0.1, 0.15) is 46.5 Å². The first-order valence-electron chi connectivity index (χ1n) is 8.82. The Morgan fingerprint density at radius 1 is 1.00 bits per heavy atom. The second-order valence-corrected chi connectivity index (χ2v) is 6.25. The van der Waals surface area contributed by atoms with Gasteiger partial charge in [-0.25, -0.2) is 0 Å². The van der Waals surface area contributed by atoms with Crippen molar-refractivity contribution in [2.24, 2.45) is 17.6 Å². The molecule has 0 saturated heterocycles. The van der Waals surface area contributed by atoms with Gasteiger partial charge in [0.05, 0.1) is 13.2 Å². The lowest BCUT2D eigenvalue weighted by atomic mass is 9.78. The van der Waals surface area contributed by atoms with Gasteiger partial charge in [0, 0.05) is 38.9 Å². The van der Waals surface area contributed by atoms with E-state index in [1.54, 1.807) is 0 Å². The molecule has 1 atom stereocenters. The molecule has 21 heavy (non-hydrogen) atoms. The van der Waals surface area contributed by atoms with Gasteiger partial charge in [0.15, 0.2) is 0 Å². The summed E-state index contributed by atoms with van der Waals surface area (Å²) in [6, 6.07) is 0.485. The van der Waals surface area contributed by atoms with Crippen molar-refractivity contribution in [3.05, 3.63) is 0 Å². The Bertz CT molecular complexity index is 233. The van der Waals surface area contributed by atoms with Crippen LogP contribution in [0.4, 0.5) is 0 Å². The van der Waals surface area contributed by atoms with E-state index in [2.05, 4.69) is 11.8 Å². The zero-order chi connectivity index (χ0) is 15.5. The fourth-order valence-electron chi connectivity index (χ4n) is 3.41. The van der Waals surface area contributed by atoms with E-state index in [9.17, 15) is 0 Å². The SMILES string of the molecule is CCOCCN(CCOCC)C(CN)C1CCC(C)CC1. The maximum Gasteiger partial charge on any atom is 0.0593 e. The summed E-state index contributed by atoms with van der Waals surface area (Å²) in [6.45, 7) is 12.3. The van der Waals surface area contributed by atoms with Gasteiger partial charge in [0.2, 0.25) is 0 Å². The van der Waals surface area contributed by atoms with Crippen LogP contribution < -0.4 is 5.73 Å². The van der Waals surface area contributed by atoms with Crippen LogP contribution >= 0.6 is 0 Å². The van der Waals surface area contributed by atoms with Gasteiger partial charge >= 0.3 is 0 Å². The summed E-state index contributed by atoms with van der Waals surface area (Å²) < 4.78 is 11.1. The Balaban J connectivity index is 2.53. The molecule has 126 valence electrons. The van der Waals surface area contributed by atoms with E-state index in [1.807, 2.05) is 13.8 Å². The molecule has 1 aliphatic rings. The highest BCUT2D eigenvalue weighted by Crippen LogP contribution is 2.32. The molecule has 4 nitrogen and oxygen atoms in total. The van der Waals surface area contributed by atoms with Crippen molar-refractivity contribution in [1.29, 1.82) is 0 Å². The van der Waals surface area contributed by atoms with Crippen molar-refractivity contribution in [2.45, 2.75) is 52.5 Å². The molecular formula is C17H36N2O2. The zero-order valence-corrected chi connectivity index (χ0v) is 14.4. The zero-order valence-electron chi connectivity index (χ0n) is 14.4. The summed E-state index contributed by atoms with van der Waals surface area (Å²) in [7, 11) is 0. The molecule has 0 amide bonds. The van der Waals surface area contributed by atoms with Crippen molar-refractivity contribution >= 4 is 0 Å². The van der Waals surface area contributed by atoms with Gasteiger partial charge in [0.1, 0.15) is 0 Å². The molecule has 4 heteroatoms. The molecule has 1 unspecified atom stereocenters. The molecule has 1 fully saturated rings. The van der Waals surface area contributed by atoms with Crippen molar-refractivity contribution < 1.29 is 9.47 Å². The quantitative estimate of drug-likeness (QED) is 0.596. The maximum absolute atomic E-state index is 6.12. The highest BCUT2D eigenvalue weighted by Gasteiger charge is 2.29. The van der Waals surface area contributed by atoms with Crippen molar-refractivity contribution in [3.63, 3.8) is 0 Å². The van der Waals surface area contributed by atoms with Gasteiger partial charge < -0.3 is 15.2 Å². The van der Waals surface area contributed by atoms with Crippen LogP contribution in [0.25, 0.3) is 0 Å². The van der Waals surface area contributed by atoms with Crippen LogP contribution in [0.15, 0.2) is 0 Å². The first-order valence-corrected chi connectivity index (χ1v) is 8.82. The van der Waals surface area contributed by atoms with Crippen molar-refractivity contribution in [3.8, 4) is 0 Å². The smallest absolute Gasteiger partial charge is 0.0593 e. The van der Waals surface area contributed by atoms with E-state index in [0.717, 1.165) is 57.9 Å². The molecule has 1 saturated carbocycles. The number of ether oxygens (including phenoxy) is 2. The van der Waals surface area contributed by atoms with E-state index in [4.69, 9.17) is 15.2 Å². The van der Waals surface area contributed by atoms with E-state index < -0.39 is 0 Å². The molecule has 0 radical (unpaired) electrons. The summed E-state index contributed by atoms with van der Waals surface area (Å²) in [6.07, 6.45) is 5.35. The van der Waals surface area contributed by atoms with Gasteiger partial charge in [-0.05, 0) is 38.5 Å². The van der Waals surface area contributed by atoms with E-state index in [-0.39, 0.29) is 0 Å². The van der Waals surface area contributed by atoms with Crippen LogP contribution in [-0.4, -0.2) is 57.0 Å². The number of hydrogen-bond acceptors (Lipinski definition) is 4. The predicted octanol–water partition coefficient (Wildman–Crippen LogP) is 2.51. The highest BCUT2D eigenvalue weighted by atomic mass is 16.5. The number of nitrogens with two attached hydrogens (primary N) is 1. The molecule has 1 rings (SSSR count). The summed E-state index contributed by atoms with van der Waals surface area (Å²) in [4.78, 5) is 2.51. The summed E-state index contributed by atoms with van der Waals surface area (Å²) in [5.41, 5.74) is 6.12. The van der Waals surface area contributed by atoms with Gasteiger partial charge in [-0.2, -0.15) is 0 Å². The number of hydrogen-bond donors (Lipinski definition) is 1. The van der Waals surface area contributed by atoms with E-state index in [1.165, 1.54) is 25.7 Å². The Kier molecular flexibility index (Phi) is 10.3. The van der Waals surface area contributed by atoms with Gasteiger partial charge in [0.25, 0.3) is 0 Å². The third-order valence-corrected chi connectivity index (χ3v) is 4.77. The van der Waals surface area contributed by atoms with Crippen LogP contribution in [0.5, 0.6) is 0 Å². The fraction of sp³-hybridized carbons (Fsp3) is 1.00. The molecule has 1 aliphatic carbocycles. The molecular weight excluding hydrogens is 264 g/mol. The molecule has 0 aromatic heterocycles. The Morgan fingerprint density at radius 3 is 1.95 bits per heavy atom. The van der Waals surface area contributed by atoms with Gasteiger partial charge in [-0.3, -0.25) is 4.90 Å². The third-order valence-electron chi connectivity index (χ3n) is 4.77. The molecule has 2 N–H and O–H groups in total. The fourth-order valence-corrected chi connectivity index (χ4v) is 3.41. The predicted molar refractivity (Wildman–Crippen MR) is 88.5 cm³/mol. The highest BCUT2D eigenvalue weighted by molar-refractivity contribution is 4.84. The first-order chi connectivity index (χ1) is 10.2. The minimum absolute atomic E-state index is 0.485. The lowest BCUT2D eigenvalue weighted by molar-refractivity contribution is 0.0399. The summed E-state index contributed by atoms with van der Waals surface area (Å²) >= 11 is 0. The Hall–Kier alpha value is -0.160. The normalized spacial score (nSPS) is 24.4. The molecule has 0 aromatic rings. The molecule has 0 aliphatic heterocycles. The monoisotopic (exact) mass is 300 g/mol. The Labute approximate surface area is 131 Å². The van der Waals surface area contributed by atoms with Crippen LogP contribution in [0.3, 0.4) is 0 Å². The topological polar surface area (TPSA) is 47.7 Å². The lowest BCUT2D eigenvalue weighted by Crippen LogP contribution is -2.49. The van der Waals surface area contributed by atoms with Gasteiger partial charge in [-0.1, -0.05) is 19.8 Å². The van der Waals surface area contributed by atoms with Crippen LogP contribution in [0, 0.1) is 11.8 Å². The number of nitrogens with zero attached hydrogens (tertiary/aromatic N) is 1. The molecule has 0 heterocycles. The largest absolute Gasteiger partial charge is 0.380 e. The van der Waals surface area contributed by atoms with E-state index >= 15 is 0 Å². The van der Waals surface area contributed by atoms with Crippen molar-refractivity contribution in [2.75, 3.05) is 46.1 Å². The summed E-state index contributed by atoms with van der Waals surface area (Å²) in [5, 5.41) is 0. The molecule has 0 spiro atoms. The minimum atomic E-state index is 0.485.